The van der Waals surface area contributed by atoms with Crippen molar-refractivity contribution in [2.45, 2.75) is 19.8 Å². The lowest BCUT2D eigenvalue weighted by Gasteiger charge is -2.35. The number of sulfone groups is 1. The van der Waals surface area contributed by atoms with Crippen LogP contribution in [0.1, 0.15) is 19.8 Å². The van der Waals surface area contributed by atoms with Crippen LogP contribution in [0.25, 0.3) is 0 Å². The van der Waals surface area contributed by atoms with Crippen LogP contribution in [0, 0.1) is 5.41 Å². The molecule has 0 aromatic rings. The van der Waals surface area contributed by atoms with E-state index in [1.54, 1.807) is 4.90 Å². The molecule has 1 N–H and O–H groups in total. The lowest BCUT2D eigenvalue weighted by atomic mass is 9.82. The van der Waals surface area contributed by atoms with Crippen molar-refractivity contribution in [3.63, 3.8) is 0 Å². The Bertz CT molecular complexity index is 385. The first-order chi connectivity index (χ1) is 7.99. The summed E-state index contributed by atoms with van der Waals surface area (Å²) in [6.45, 7) is 4.37. The summed E-state index contributed by atoms with van der Waals surface area (Å²) in [6, 6.07) is 0. The van der Waals surface area contributed by atoms with Crippen LogP contribution in [-0.4, -0.2) is 56.9 Å². The number of hydrogen-bond donors (Lipinski definition) is 1. The number of amides is 1. The van der Waals surface area contributed by atoms with Gasteiger partial charge in [0.1, 0.15) is 0 Å². The first-order valence-electron chi connectivity index (χ1n) is 6.20. The third-order valence-electron chi connectivity index (χ3n) is 4.01. The maximum atomic E-state index is 12.5. The van der Waals surface area contributed by atoms with E-state index in [1.165, 1.54) is 0 Å². The van der Waals surface area contributed by atoms with Gasteiger partial charge in [0, 0.05) is 19.6 Å². The molecule has 0 aromatic heterocycles. The summed E-state index contributed by atoms with van der Waals surface area (Å²) < 4.78 is 22.7. The SMILES string of the molecule is CCC1(C(=O)N2CCS(=O)(=O)CC2)CCNC1. The van der Waals surface area contributed by atoms with Crippen molar-refractivity contribution in [3.05, 3.63) is 0 Å². The fourth-order valence-electron chi connectivity index (χ4n) is 2.63. The molecule has 2 saturated heterocycles. The summed E-state index contributed by atoms with van der Waals surface area (Å²) in [7, 11) is -2.91. The van der Waals surface area contributed by atoms with Gasteiger partial charge < -0.3 is 10.2 Å². The highest BCUT2D eigenvalue weighted by Crippen LogP contribution is 2.32. The van der Waals surface area contributed by atoms with Gasteiger partial charge in [-0.1, -0.05) is 6.92 Å². The number of carbonyl (C=O) groups excluding carboxylic acids is 1. The fraction of sp³-hybridized carbons (Fsp3) is 0.909. The molecule has 1 unspecified atom stereocenters. The summed E-state index contributed by atoms with van der Waals surface area (Å²) in [4.78, 5) is 14.2. The number of rotatable bonds is 2. The highest BCUT2D eigenvalue weighted by molar-refractivity contribution is 7.91. The summed E-state index contributed by atoms with van der Waals surface area (Å²) in [6.07, 6.45) is 1.69. The lowest BCUT2D eigenvalue weighted by molar-refractivity contribution is -0.141. The molecule has 2 heterocycles. The second kappa shape index (κ2) is 4.57. The zero-order valence-corrected chi connectivity index (χ0v) is 11.1. The van der Waals surface area contributed by atoms with Gasteiger partial charge in [-0.15, -0.1) is 0 Å². The number of hydrogen-bond acceptors (Lipinski definition) is 4. The van der Waals surface area contributed by atoms with E-state index in [4.69, 9.17) is 0 Å². The molecular formula is C11H20N2O3S. The van der Waals surface area contributed by atoms with Crippen LogP contribution in [0.3, 0.4) is 0 Å². The minimum Gasteiger partial charge on any atom is -0.340 e. The quantitative estimate of drug-likeness (QED) is 0.736. The Kier molecular flexibility index (Phi) is 3.45. The Balaban J connectivity index is 2.05. The predicted octanol–water partition coefficient (Wildman–Crippen LogP) is -0.367. The van der Waals surface area contributed by atoms with Crippen molar-refractivity contribution in [2.75, 3.05) is 37.7 Å². The summed E-state index contributed by atoms with van der Waals surface area (Å²) in [5, 5.41) is 3.23. The van der Waals surface area contributed by atoms with Crippen LogP contribution in [0.5, 0.6) is 0 Å². The van der Waals surface area contributed by atoms with Crippen molar-refractivity contribution in [3.8, 4) is 0 Å². The van der Waals surface area contributed by atoms with Crippen molar-refractivity contribution >= 4 is 15.7 Å². The largest absolute Gasteiger partial charge is 0.340 e. The molecule has 0 spiro atoms. The van der Waals surface area contributed by atoms with E-state index < -0.39 is 9.84 Å². The third-order valence-corrected chi connectivity index (χ3v) is 5.61. The molecule has 6 heteroatoms. The summed E-state index contributed by atoms with van der Waals surface area (Å²) in [5.41, 5.74) is -0.291. The Morgan fingerprint density at radius 3 is 2.47 bits per heavy atom. The molecule has 5 nitrogen and oxygen atoms in total. The fourth-order valence-corrected chi connectivity index (χ4v) is 3.83. The zero-order valence-electron chi connectivity index (χ0n) is 10.2. The topological polar surface area (TPSA) is 66.5 Å². The molecule has 0 aromatic carbocycles. The number of nitrogens with zero attached hydrogens (tertiary/aromatic N) is 1. The van der Waals surface area contributed by atoms with E-state index in [0.717, 1.165) is 25.9 Å². The van der Waals surface area contributed by atoms with Crippen molar-refractivity contribution in [1.82, 2.24) is 10.2 Å². The van der Waals surface area contributed by atoms with Crippen LogP contribution < -0.4 is 5.32 Å². The van der Waals surface area contributed by atoms with Crippen LogP contribution in [0.15, 0.2) is 0 Å². The van der Waals surface area contributed by atoms with Crippen molar-refractivity contribution in [2.24, 2.45) is 5.41 Å². The molecule has 17 heavy (non-hydrogen) atoms. The average molecular weight is 260 g/mol. The Hall–Kier alpha value is -0.620. The van der Waals surface area contributed by atoms with Crippen molar-refractivity contribution in [1.29, 1.82) is 0 Å². The molecule has 1 atom stereocenters. The smallest absolute Gasteiger partial charge is 0.230 e. The van der Waals surface area contributed by atoms with Gasteiger partial charge in [0.15, 0.2) is 9.84 Å². The number of carbonyl (C=O) groups is 1. The van der Waals surface area contributed by atoms with E-state index >= 15 is 0 Å². The standard InChI is InChI=1S/C11H20N2O3S/c1-2-11(3-4-12-9-11)10(14)13-5-7-17(15,16)8-6-13/h12H,2-9H2,1H3. The van der Waals surface area contributed by atoms with Gasteiger partial charge in [0.25, 0.3) is 0 Å². The van der Waals surface area contributed by atoms with E-state index in [-0.39, 0.29) is 22.8 Å². The predicted molar refractivity (Wildman–Crippen MR) is 65.4 cm³/mol. The van der Waals surface area contributed by atoms with Gasteiger partial charge in [0.05, 0.1) is 16.9 Å². The van der Waals surface area contributed by atoms with Gasteiger partial charge in [-0.3, -0.25) is 4.79 Å². The first-order valence-corrected chi connectivity index (χ1v) is 8.02. The second-order valence-electron chi connectivity index (χ2n) is 5.00. The molecule has 2 aliphatic heterocycles. The van der Waals surface area contributed by atoms with Gasteiger partial charge in [-0.2, -0.15) is 0 Å². The van der Waals surface area contributed by atoms with Gasteiger partial charge in [-0.25, -0.2) is 8.42 Å². The van der Waals surface area contributed by atoms with Gasteiger partial charge in [0.2, 0.25) is 5.91 Å². The number of nitrogens with one attached hydrogen (secondary N) is 1. The van der Waals surface area contributed by atoms with E-state index in [9.17, 15) is 13.2 Å². The maximum Gasteiger partial charge on any atom is 0.230 e. The third kappa shape index (κ3) is 2.47. The first kappa shape index (κ1) is 12.8. The highest BCUT2D eigenvalue weighted by Gasteiger charge is 2.43. The second-order valence-corrected chi connectivity index (χ2v) is 7.31. The molecule has 0 radical (unpaired) electrons. The summed E-state index contributed by atoms with van der Waals surface area (Å²) >= 11 is 0. The molecule has 98 valence electrons. The molecule has 2 aliphatic rings. The van der Waals surface area contributed by atoms with E-state index in [0.29, 0.717) is 13.1 Å². The normalized spacial score (nSPS) is 32.6. The Labute approximate surface area is 102 Å². The molecule has 0 bridgehead atoms. The maximum absolute atomic E-state index is 12.5. The minimum atomic E-state index is -2.91. The molecule has 2 rings (SSSR count). The molecular weight excluding hydrogens is 240 g/mol. The van der Waals surface area contributed by atoms with Crippen LogP contribution >= 0.6 is 0 Å². The Morgan fingerprint density at radius 1 is 1.35 bits per heavy atom. The minimum absolute atomic E-state index is 0.117. The van der Waals surface area contributed by atoms with Crippen LogP contribution in [0.4, 0.5) is 0 Å². The van der Waals surface area contributed by atoms with Gasteiger partial charge in [-0.05, 0) is 19.4 Å². The van der Waals surface area contributed by atoms with Gasteiger partial charge >= 0.3 is 0 Å². The molecule has 2 fully saturated rings. The molecule has 1 amide bonds. The zero-order chi connectivity index (χ0) is 12.5. The Morgan fingerprint density at radius 2 is 2.00 bits per heavy atom. The average Bonchev–Trinajstić information content (AvgIpc) is 2.78. The van der Waals surface area contributed by atoms with Crippen molar-refractivity contribution < 1.29 is 13.2 Å². The lowest BCUT2D eigenvalue weighted by Crippen LogP contribution is -2.50. The monoisotopic (exact) mass is 260 g/mol. The molecule has 0 aliphatic carbocycles. The summed E-state index contributed by atoms with van der Waals surface area (Å²) in [5.74, 6) is 0.373. The molecule has 0 saturated carbocycles. The van der Waals surface area contributed by atoms with E-state index in [2.05, 4.69) is 5.32 Å². The van der Waals surface area contributed by atoms with Crippen LogP contribution in [0.2, 0.25) is 0 Å². The van der Waals surface area contributed by atoms with E-state index in [1.807, 2.05) is 6.92 Å². The van der Waals surface area contributed by atoms with Crippen LogP contribution in [-0.2, 0) is 14.6 Å². The highest BCUT2D eigenvalue weighted by atomic mass is 32.2.